The van der Waals surface area contributed by atoms with Crippen LogP contribution < -0.4 is 10.6 Å². The highest BCUT2D eigenvalue weighted by atomic mass is 32.2. The summed E-state index contributed by atoms with van der Waals surface area (Å²) in [7, 11) is 0. The number of nitrogens with zero attached hydrogens (tertiary/aromatic N) is 2. The van der Waals surface area contributed by atoms with E-state index in [0.717, 1.165) is 30.8 Å². The quantitative estimate of drug-likeness (QED) is 0.879. The number of thioether (sulfide) groups is 1. The summed E-state index contributed by atoms with van der Waals surface area (Å²) in [4.78, 5) is 31.4. The molecule has 1 aromatic rings. The van der Waals surface area contributed by atoms with Gasteiger partial charge in [-0.2, -0.15) is 0 Å². The molecule has 0 aliphatic carbocycles. The molecule has 0 unspecified atom stereocenters. The number of amides is 2. The van der Waals surface area contributed by atoms with Crippen molar-refractivity contribution in [3.05, 3.63) is 17.8 Å². The molecule has 2 aliphatic rings. The number of hydrogen-bond donors (Lipinski definition) is 2. The number of rotatable bonds is 3. The van der Waals surface area contributed by atoms with E-state index in [-0.39, 0.29) is 17.9 Å². The zero-order valence-corrected chi connectivity index (χ0v) is 13.4. The predicted octanol–water partition coefficient (Wildman–Crippen LogP) is 1.34. The normalized spacial score (nSPS) is 18.5. The highest BCUT2D eigenvalue weighted by molar-refractivity contribution is 8.00. The van der Waals surface area contributed by atoms with Gasteiger partial charge in [-0.25, -0.2) is 4.98 Å². The van der Waals surface area contributed by atoms with Crippen molar-refractivity contribution in [1.29, 1.82) is 0 Å². The summed E-state index contributed by atoms with van der Waals surface area (Å²) in [5.41, 5.74) is 0.405. The molecule has 0 bridgehead atoms. The SMILES string of the molecule is CCN(C(=O)c1ccc2c(n1)NC(=O)CS2)C1CCNCC1. The predicted molar refractivity (Wildman–Crippen MR) is 86.2 cm³/mol. The highest BCUT2D eigenvalue weighted by Crippen LogP contribution is 2.30. The minimum Gasteiger partial charge on any atom is -0.335 e. The number of nitrogens with one attached hydrogen (secondary N) is 2. The number of fused-ring (bicyclic) bond motifs is 1. The number of hydrogen-bond acceptors (Lipinski definition) is 5. The van der Waals surface area contributed by atoms with Crippen molar-refractivity contribution >= 4 is 29.4 Å². The molecule has 2 aliphatic heterocycles. The summed E-state index contributed by atoms with van der Waals surface area (Å²) < 4.78 is 0. The molecule has 2 amide bonds. The first-order valence-corrected chi connectivity index (χ1v) is 8.63. The highest BCUT2D eigenvalue weighted by Gasteiger charge is 2.27. The third kappa shape index (κ3) is 3.10. The molecule has 118 valence electrons. The fourth-order valence-corrected chi connectivity index (χ4v) is 3.67. The van der Waals surface area contributed by atoms with Gasteiger partial charge in [0.2, 0.25) is 5.91 Å². The van der Waals surface area contributed by atoms with Crippen LogP contribution >= 0.6 is 11.8 Å². The lowest BCUT2D eigenvalue weighted by Gasteiger charge is -2.33. The summed E-state index contributed by atoms with van der Waals surface area (Å²) in [5.74, 6) is 0.786. The lowest BCUT2D eigenvalue weighted by atomic mass is 10.0. The number of pyridine rings is 1. The Morgan fingerprint density at radius 3 is 2.91 bits per heavy atom. The van der Waals surface area contributed by atoms with E-state index in [9.17, 15) is 9.59 Å². The van der Waals surface area contributed by atoms with Gasteiger partial charge in [0.05, 0.1) is 10.6 Å². The Hall–Kier alpha value is -1.60. The number of anilines is 1. The first-order valence-electron chi connectivity index (χ1n) is 7.64. The van der Waals surface area contributed by atoms with Crippen molar-refractivity contribution in [1.82, 2.24) is 15.2 Å². The Morgan fingerprint density at radius 2 is 2.18 bits per heavy atom. The molecule has 7 heteroatoms. The van der Waals surface area contributed by atoms with E-state index in [1.165, 1.54) is 11.8 Å². The van der Waals surface area contributed by atoms with Crippen LogP contribution in [0.5, 0.6) is 0 Å². The van der Waals surface area contributed by atoms with Gasteiger partial charge in [0, 0.05) is 12.6 Å². The monoisotopic (exact) mass is 320 g/mol. The first-order chi connectivity index (χ1) is 10.7. The molecule has 3 rings (SSSR count). The van der Waals surface area contributed by atoms with Crippen LogP contribution in [-0.4, -0.2) is 53.1 Å². The van der Waals surface area contributed by atoms with Gasteiger partial charge < -0.3 is 15.5 Å². The zero-order chi connectivity index (χ0) is 15.5. The summed E-state index contributed by atoms with van der Waals surface area (Å²) in [6, 6.07) is 3.89. The van der Waals surface area contributed by atoms with Gasteiger partial charge in [0.15, 0.2) is 0 Å². The van der Waals surface area contributed by atoms with Crippen LogP contribution in [0.4, 0.5) is 5.82 Å². The third-order valence-corrected chi connectivity index (χ3v) is 5.09. The van der Waals surface area contributed by atoms with Crippen LogP contribution in [-0.2, 0) is 4.79 Å². The van der Waals surface area contributed by atoms with E-state index in [4.69, 9.17) is 0 Å². The summed E-state index contributed by atoms with van der Waals surface area (Å²) >= 11 is 1.45. The van der Waals surface area contributed by atoms with E-state index < -0.39 is 0 Å². The van der Waals surface area contributed by atoms with Crippen LogP contribution in [0, 0.1) is 0 Å². The topological polar surface area (TPSA) is 74.3 Å². The van der Waals surface area contributed by atoms with Gasteiger partial charge in [-0.15, -0.1) is 11.8 Å². The average Bonchev–Trinajstić information content (AvgIpc) is 2.55. The van der Waals surface area contributed by atoms with E-state index in [0.29, 0.717) is 23.8 Å². The largest absolute Gasteiger partial charge is 0.335 e. The van der Waals surface area contributed by atoms with Crippen molar-refractivity contribution in [2.24, 2.45) is 0 Å². The van der Waals surface area contributed by atoms with Crippen molar-refractivity contribution in [2.75, 3.05) is 30.7 Å². The van der Waals surface area contributed by atoms with Gasteiger partial charge in [-0.05, 0) is 45.0 Å². The first kappa shape index (κ1) is 15.3. The maximum atomic E-state index is 12.8. The second-order valence-electron chi connectivity index (χ2n) is 5.45. The molecule has 3 heterocycles. The lowest BCUT2D eigenvalue weighted by Crippen LogP contribution is -2.46. The second-order valence-corrected chi connectivity index (χ2v) is 6.47. The molecule has 0 aromatic carbocycles. The standard InChI is InChI=1S/C15H20N4O2S/c1-2-19(10-5-7-16-8-6-10)15(21)11-3-4-12-14(17-11)18-13(20)9-22-12/h3-4,10,16H,2,5-9H2,1H3,(H,17,18,20). The Balaban J connectivity index is 1.81. The van der Waals surface area contributed by atoms with E-state index in [1.807, 2.05) is 17.9 Å². The summed E-state index contributed by atoms with van der Waals surface area (Å²) in [6.07, 6.45) is 1.94. The molecule has 22 heavy (non-hydrogen) atoms. The zero-order valence-electron chi connectivity index (χ0n) is 12.6. The van der Waals surface area contributed by atoms with Crippen molar-refractivity contribution in [3.8, 4) is 0 Å². The van der Waals surface area contributed by atoms with Crippen molar-refractivity contribution < 1.29 is 9.59 Å². The van der Waals surface area contributed by atoms with Gasteiger partial charge in [-0.3, -0.25) is 9.59 Å². The third-order valence-electron chi connectivity index (χ3n) is 4.04. The smallest absolute Gasteiger partial charge is 0.272 e. The average molecular weight is 320 g/mol. The van der Waals surface area contributed by atoms with E-state index >= 15 is 0 Å². The Bertz CT molecular complexity index is 587. The van der Waals surface area contributed by atoms with Crippen molar-refractivity contribution in [3.63, 3.8) is 0 Å². The maximum absolute atomic E-state index is 12.8. The van der Waals surface area contributed by atoms with Gasteiger partial charge in [-0.1, -0.05) is 0 Å². The number of carbonyl (C=O) groups excluding carboxylic acids is 2. The molecule has 1 aromatic heterocycles. The Labute approximate surface area is 134 Å². The molecule has 2 N–H and O–H groups in total. The van der Waals surface area contributed by atoms with E-state index in [2.05, 4.69) is 15.6 Å². The fourth-order valence-electron chi connectivity index (χ4n) is 2.92. The summed E-state index contributed by atoms with van der Waals surface area (Å²) in [6.45, 7) is 4.55. The maximum Gasteiger partial charge on any atom is 0.272 e. The number of aromatic nitrogens is 1. The van der Waals surface area contributed by atoms with Crippen LogP contribution in [0.25, 0.3) is 0 Å². The molecular formula is C15H20N4O2S. The molecule has 0 radical (unpaired) electrons. The minimum absolute atomic E-state index is 0.0537. The molecule has 1 fully saturated rings. The molecule has 0 atom stereocenters. The lowest BCUT2D eigenvalue weighted by molar-refractivity contribution is -0.113. The van der Waals surface area contributed by atoms with Crippen LogP contribution in [0.2, 0.25) is 0 Å². The number of piperidine rings is 1. The molecule has 1 saturated heterocycles. The molecule has 0 spiro atoms. The molecular weight excluding hydrogens is 300 g/mol. The van der Waals surface area contributed by atoms with Crippen molar-refractivity contribution in [2.45, 2.75) is 30.7 Å². The second kappa shape index (κ2) is 6.66. The minimum atomic E-state index is -0.0692. The van der Waals surface area contributed by atoms with Gasteiger partial charge >= 0.3 is 0 Å². The van der Waals surface area contributed by atoms with Crippen LogP contribution in [0.1, 0.15) is 30.3 Å². The van der Waals surface area contributed by atoms with Crippen LogP contribution in [0.3, 0.4) is 0 Å². The van der Waals surface area contributed by atoms with E-state index in [1.54, 1.807) is 6.07 Å². The fraction of sp³-hybridized carbons (Fsp3) is 0.533. The van der Waals surface area contributed by atoms with Gasteiger partial charge in [0.1, 0.15) is 11.5 Å². The summed E-state index contributed by atoms with van der Waals surface area (Å²) in [5, 5.41) is 6.05. The number of carbonyl (C=O) groups is 2. The Morgan fingerprint density at radius 1 is 1.41 bits per heavy atom. The Kier molecular flexibility index (Phi) is 4.63. The van der Waals surface area contributed by atoms with Crippen LogP contribution in [0.15, 0.2) is 17.0 Å². The molecule has 0 saturated carbocycles. The molecule has 6 nitrogen and oxygen atoms in total. The van der Waals surface area contributed by atoms with Gasteiger partial charge in [0.25, 0.3) is 5.91 Å².